The van der Waals surface area contributed by atoms with Gasteiger partial charge in [0.05, 0.1) is 16.7 Å². The van der Waals surface area contributed by atoms with Crippen molar-refractivity contribution in [3.63, 3.8) is 0 Å². The van der Waals surface area contributed by atoms with Gasteiger partial charge in [-0.05, 0) is 37.6 Å². The largest absolute Gasteiger partial charge is 0.344 e. The Bertz CT molecular complexity index is 1290. The summed E-state index contributed by atoms with van der Waals surface area (Å²) in [5, 5.41) is 1.13. The molecule has 0 spiro atoms. The summed E-state index contributed by atoms with van der Waals surface area (Å²) >= 11 is 1.30. The number of carbonyl (C=O) groups is 1. The number of rotatable bonds is 6. The minimum Gasteiger partial charge on any atom is -0.344 e. The van der Waals surface area contributed by atoms with Crippen molar-refractivity contribution < 1.29 is 4.79 Å². The van der Waals surface area contributed by atoms with Gasteiger partial charge < -0.3 is 4.57 Å². The number of para-hydroxylation sites is 1. The highest BCUT2D eigenvalue weighted by Crippen LogP contribution is 2.22. The number of aryl methyl sites for hydroxylation is 1. The van der Waals surface area contributed by atoms with Crippen molar-refractivity contribution in [2.24, 2.45) is 7.05 Å². The quantitative estimate of drug-likeness (QED) is 0.265. The Morgan fingerprint density at radius 1 is 1.03 bits per heavy atom. The van der Waals surface area contributed by atoms with E-state index in [2.05, 4.69) is 21.7 Å². The predicted molar refractivity (Wildman–Crippen MR) is 121 cm³/mol. The van der Waals surface area contributed by atoms with E-state index in [9.17, 15) is 9.59 Å². The number of hydrogen-bond donors (Lipinski definition) is 0. The first kappa shape index (κ1) is 20.2. The summed E-state index contributed by atoms with van der Waals surface area (Å²) in [7, 11) is 1.69. The second kappa shape index (κ2) is 8.32. The molecule has 0 unspecified atom stereocenters. The molecule has 4 aromatic rings. The molecule has 2 aromatic carbocycles. The highest BCUT2D eigenvalue weighted by atomic mass is 32.2. The van der Waals surface area contributed by atoms with Crippen LogP contribution in [0.3, 0.4) is 0 Å². The van der Waals surface area contributed by atoms with E-state index in [0.29, 0.717) is 16.1 Å². The number of benzene rings is 2. The SMILES string of the molecule is Cc1cc(C(=O)CSc2nc3ccccc3c(=O)n2C)c(C)n1Cc1ccccc1. The summed E-state index contributed by atoms with van der Waals surface area (Å²) in [5.41, 5.74) is 4.49. The average Bonchev–Trinajstić information content (AvgIpc) is 3.04. The molecule has 0 N–H and O–H groups in total. The van der Waals surface area contributed by atoms with E-state index in [-0.39, 0.29) is 17.1 Å². The Morgan fingerprint density at radius 2 is 1.73 bits per heavy atom. The van der Waals surface area contributed by atoms with Gasteiger partial charge in [0.2, 0.25) is 0 Å². The maximum absolute atomic E-state index is 13.0. The molecule has 0 atom stereocenters. The van der Waals surface area contributed by atoms with Crippen LogP contribution < -0.4 is 5.56 Å². The molecule has 2 aromatic heterocycles. The van der Waals surface area contributed by atoms with Crippen molar-refractivity contribution in [2.75, 3.05) is 5.75 Å². The van der Waals surface area contributed by atoms with Gasteiger partial charge in [-0.15, -0.1) is 0 Å². The number of fused-ring (bicyclic) bond motifs is 1. The molecule has 152 valence electrons. The van der Waals surface area contributed by atoms with Crippen molar-refractivity contribution in [1.82, 2.24) is 14.1 Å². The summed E-state index contributed by atoms with van der Waals surface area (Å²) < 4.78 is 3.68. The lowest BCUT2D eigenvalue weighted by Crippen LogP contribution is -2.20. The zero-order chi connectivity index (χ0) is 21.3. The lowest BCUT2D eigenvalue weighted by molar-refractivity contribution is 0.102. The van der Waals surface area contributed by atoms with Crippen LogP contribution in [0, 0.1) is 13.8 Å². The lowest BCUT2D eigenvalue weighted by Gasteiger charge is -2.10. The van der Waals surface area contributed by atoms with E-state index in [1.165, 1.54) is 21.9 Å². The molecule has 6 heteroatoms. The second-order valence-corrected chi connectivity index (χ2v) is 8.29. The fraction of sp³-hybridized carbons (Fsp3) is 0.208. The monoisotopic (exact) mass is 417 g/mol. The smallest absolute Gasteiger partial charge is 0.261 e. The Morgan fingerprint density at radius 3 is 2.50 bits per heavy atom. The average molecular weight is 418 g/mol. The van der Waals surface area contributed by atoms with Gasteiger partial charge in [0.15, 0.2) is 10.9 Å². The number of carbonyl (C=O) groups excluding carboxylic acids is 1. The van der Waals surface area contributed by atoms with Crippen LogP contribution in [-0.2, 0) is 13.6 Å². The number of thioether (sulfide) groups is 1. The molecule has 0 amide bonds. The van der Waals surface area contributed by atoms with Crippen molar-refractivity contribution >= 4 is 28.4 Å². The Hall–Kier alpha value is -3.12. The molecule has 0 aliphatic heterocycles. The molecule has 30 heavy (non-hydrogen) atoms. The molecule has 4 rings (SSSR count). The van der Waals surface area contributed by atoms with Gasteiger partial charge >= 0.3 is 0 Å². The highest BCUT2D eigenvalue weighted by molar-refractivity contribution is 7.99. The van der Waals surface area contributed by atoms with Crippen LogP contribution in [0.1, 0.15) is 27.3 Å². The van der Waals surface area contributed by atoms with E-state index in [0.717, 1.165) is 23.5 Å². The van der Waals surface area contributed by atoms with Crippen LogP contribution in [0.4, 0.5) is 0 Å². The first-order valence-corrected chi connectivity index (χ1v) is 10.8. The van der Waals surface area contributed by atoms with Crippen LogP contribution >= 0.6 is 11.8 Å². The predicted octanol–water partition coefficient (Wildman–Crippen LogP) is 4.38. The highest BCUT2D eigenvalue weighted by Gasteiger charge is 2.17. The number of hydrogen-bond acceptors (Lipinski definition) is 4. The van der Waals surface area contributed by atoms with Crippen LogP contribution in [0.2, 0.25) is 0 Å². The summed E-state index contributed by atoms with van der Waals surface area (Å²) in [6.45, 7) is 4.74. The number of aromatic nitrogens is 3. The van der Waals surface area contributed by atoms with Crippen LogP contribution in [0.15, 0.2) is 70.6 Å². The topological polar surface area (TPSA) is 56.9 Å². The minimum atomic E-state index is -0.100. The minimum absolute atomic E-state index is 0.0369. The van der Waals surface area contributed by atoms with Gasteiger partial charge in [-0.1, -0.05) is 54.2 Å². The van der Waals surface area contributed by atoms with Gasteiger partial charge in [-0.2, -0.15) is 0 Å². The summed E-state index contributed by atoms with van der Waals surface area (Å²) in [5.74, 6) is 0.267. The fourth-order valence-electron chi connectivity index (χ4n) is 3.63. The van der Waals surface area contributed by atoms with Crippen molar-refractivity contribution in [3.8, 4) is 0 Å². The summed E-state index contributed by atoms with van der Waals surface area (Å²) in [4.78, 5) is 30.1. The lowest BCUT2D eigenvalue weighted by atomic mass is 10.2. The molecular weight excluding hydrogens is 394 g/mol. The molecule has 0 saturated carbocycles. The van der Waals surface area contributed by atoms with Crippen molar-refractivity contribution in [2.45, 2.75) is 25.5 Å². The first-order chi connectivity index (χ1) is 14.5. The van der Waals surface area contributed by atoms with E-state index in [1.807, 2.05) is 56.3 Å². The fourth-order valence-corrected chi connectivity index (χ4v) is 4.48. The van der Waals surface area contributed by atoms with Gasteiger partial charge in [0, 0.05) is 30.5 Å². The molecule has 0 bridgehead atoms. The van der Waals surface area contributed by atoms with E-state index >= 15 is 0 Å². The van der Waals surface area contributed by atoms with Crippen LogP contribution in [0.25, 0.3) is 10.9 Å². The molecule has 0 aliphatic rings. The molecule has 0 radical (unpaired) electrons. The molecule has 5 nitrogen and oxygen atoms in total. The standard InChI is InChI=1S/C24H23N3O2S/c1-16-13-20(17(2)27(16)14-18-9-5-4-6-10-18)22(28)15-30-24-25-21-12-8-7-11-19(21)23(29)26(24)3/h4-13H,14-15H2,1-3H3. The zero-order valence-electron chi connectivity index (χ0n) is 17.3. The zero-order valence-corrected chi connectivity index (χ0v) is 18.1. The van der Waals surface area contributed by atoms with Crippen molar-refractivity contribution in [3.05, 3.63) is 93.5 Å². The van der Waals surface area contributed by atoms with E-state index < -0.39 is 0 Å². The maximum Gasteiger partial charge on any atom is 0.261 e. The normalized spacial score (nSPS) is 11.2. The number of nitrogens with zero attached hydrogens (tertiary/aromatic N) is 3. The molecule has 0 saturated heterocycles. The third-order valence-corrected chi connectivity index (χ3v) is 6.36. The summed E-state index contributed by atoms with van der Waals surface area (Å²) in [6.07, 6.45) is 0. The third-order valence-electron chi connectivity index (χ3n) is 5.33. The van der Waals surface area contributed by atoms with Gasteiger partial charge in [-0.3, -0.25) is 14.2 Å². The number of Topliss-reactive ketones (excluding diaryl/α,β-unsaturated/α-hetero) is 1. The summed E-state index contributed by atoms with van der Waals surface area (Å²) in [6, 6.07) is 19.4. The maximum atomic E-state index is 13.0. The Kier molecular flexibility index (Phi) is 5.59. The Balaban J connectivity index is 1.55. The van der Waals surface area contributed by atoms with E-state index in [1.54, 1.807) is 13.1 Å². The van der Waals surface area contributed by atoms with Crippen molar-refractivity contribution in [1.29, 1.82) is 0 Å². The second-order valence-electron chi connectivity index (χ2n) is 7.34. The van der Waals surface area contributed by atoms with Crippen LogP contribution in [0.5, 0.6) is 0 Å². The first-order valence-electron chi connectivity index (χ1n) is 9.78. The molecular formula is C24H23N3O2S. The van der Waals surface area contributed by atoms with E-state index in [4.69, 9.17) is 0 Å². The van der Waals surface area contributed by atoms with Gasteiger partial charge in [0.1, 0.15) is 0 Å². The third kappa shape index (κ3) is 3.83. The molecule has 0 aliphatic carbocycles. The Labute approximate surface area is 179 Å². The van der Waals surface area contributed by atoms with Gasteiger partial charge in [0.25, 0.3) is 5.56 Å². The van der Waals surface area contributed by atoms with Crippen LogP contribution in [-0.4, -0.2) is 25.7 Å². The molecule has 2 heterocycles. The van der Waals surface area contributed by atoms with Gasteiger partial charge in [-0.25, -0.2) is 4.98 Å². The molecule has 0 fully saturated rings. The number of ketones is 1.